The van der Waals surface area contributed by atoms with Gasteiger partial charge in [0.15, 0.2) is 0 Å². The van der Waals surface area contributed by atoms with Crippen molar-refractivity contribution < 1.29 is 5.11 Å². The molecular weight excluding hydrogens is 183 g/mol. The van der Waals surface area contributed by atoms with Gasteiger partial charge in [0.1, 0.15) is 7.85 Å². The highest BCUT2D eigenvalue weighted by Gasteiger charge is 2.33. The van der Waals surface area contributed by atoms with Crippen LogP contribution in [0.25, 0.3) is 0 Å². The minimum atomic E-state index is -0.636. The third-order valence-electron chi connectivity index (χ3n) is 2.77. The number of rotatable bonds is 5. The Labute approximate surface area is 95.7 Å². The molecule has 0 aromatic carbocycles. The molecule has 1 unspecified atom stereocenters. The molecule has 86 valence electrons. The number of hydrogen-bond acceptors (Lipinski definition) is 1. The van der Waals surface area contributed by atoms with E-state index in [0.29, 0.717) is 5.92 Å². The number of aliphatic hydroxyl groups is 1. The quantitative estimate of drug-likeness (QED) is 0.543. The van der Waals surface area contributed by atoms with Gasteiger partial charge in [-0.1, -0.05) is 38.2 Å². The van der Waals surface area contributed by atoms with Crippen LogP contribution in [0.1, 0.15) is 41.0 Å². The minimum absolute atomic E-state index is 0.0260. The van der Waals surface area contributed by atoms with Crippen LogP contribution >= 0.6 is 0 Å². The molecule has 15 heavy (non-hydrogen) atoms. The fraction of sp³-hybridized carbons (Fsp3) is 0.692. The van der Waals surface area contributed by atoms with E-state index < -0.39 is 5.50 Å². The molecule has 0 bridgehead atoms. The van der Waals surface area contributed by atoms with E-state index in [9.17, 15) is 5.11 Å². The van der Waals surface area contributed by atoms with Gasteiger partial charge in [-0.3, -0.25) is 0 Å². The van der Waals surface area contributed by atoms with Crippen LogP contribution in [0.15, 0.2) is 24.3 Å². The Bertz CT molecular complexity index is 221. The van der Waals surface area contributed by atoms with E-state index in [4.69, 9.17) is 0 Å². The molecule has 0 heterocycles. The molecule has 1 nitrogen and oxygen atoms in total. The van der Waals surface area contributed by atoms with Gasteiger partial charge in [-0.05, 0) is 33.1 Å². The predicted octanol–water partition coefficient (Wildman–Crippen LogP) is 2.51. The van der Waals surface area contributed by atoms with Crippen molar-refractivity contribution in [3.63, 3.8) is 0 Å². The average Bonchev–Trinajstić information content (AvgIpc) is 2.01. The van der Waals surface area contributed by atoms with Crippen molar-refractivity contribution >= 4 is 7.85 Å². The lowest BCUT2D eigenvalue weighted by molar-refractivity contribution is 0.0936. The van der Waals surface area contributed by atoms with Gasteiger partial charge in [-0.25, -0.2) is 0 Å². The van der Waals surface area contributed by atoms with E-state index in [1.807, 2.05) is 28.6 Å². The first-order chi connectivity index (χ1) is 6.77. The molecule has 1 N–H and O–H groups in total. The maximum Gasteiger partial charge on any atom is 0.142 e. The Kier molecular flexibility index (Phi) is 5.37. The first-order valence-electron chi connectivity index (χ1n) is 5.77. The smallest absolute Gasteiger partial charge is 0.142 e. The third kappa shape index (κ3) is 4.70. The van der Waals surface area contributed by atoms with Crippen LogP contribution in [0.5, 0.6) is 0 Å². The van der Waals surface area contributed by atoms with Crippen molar-refractivity contribution in [3.05, 3.63) is 24.3 Å². The largest absolute Gasteiger partial charge is 0.399 e. The van der Waals surface area contributed by atoms with E-state index in [0.717, 1.165) is 6.42 Å². The molecule has 0 aliphatic carbocycles. The summed E-state index contributed by atoms with van der Waals surface area (Å²) in [5.41, 5.74) is -0.662. The van der Waals surface area contributed by atoms with Crippen LogP contribution in [-0.2, 0) is 0 Å². The second-order valence-electron chi connectivity index (χ2n) is 5.26. The van der Waals surface area contributed by atoms with Crippen molar-refractivity contribution in [1.82, 2.24) is 0 Å². The highest BCUT2D eigenvalue weighted by atomic mass is 16.3. The van der Waals surface area contributed by atoms with Crippen molar-refractivity contribution in [2.24, 2.45) is 11.3 Å². The summed E-state index contributed by atoms with van der Waals surface area (Å²) in [6.07, 6.45) is 9.31. The molecule has 0 aromatic heterocycles. The summed E-state index contributed by atoms with van der Waals surface area (Å²) in [5, 5.41) is 9.99. The Morgan fingerprint density at radius 3 is 1.80 bits per heavy atom. The second kappa shape index (κ2) is 5.55. The molecule has 0 spiro atoms. The standard InChI is InChI=1S/C13H25BO/c1-6-8-13(9-7-2,11(3)4)10-12(5,14)15/h6-9,11,15H,10,14H2,1-5H3. The van der Waals surface area contributed by atoms with Crippen molar-refractivity contribution in [1.29, 1.82) is 0 Å². The molecule has 0 aliphatic heterocycles. The number of allylic oxidation sites excluding steroid dienone is 4. The zero-order valence-corrected chi connectivity index (χ0v) is 11.0. The molecule has 0 saturated carbocycles. The molecule has 2 heteroatoms. The molecule has 0 amide bonds. The Balaban J connectivity index is 5.13. The van der Waals surface area contributed by atoms with Crippen molar-refractivity contribution in [3.8, 4) is 0 Å². The zero-order chi connectivity index (χ0) is 12.1. The highest BCUT2D eigenvalue weighted by molar-refractivity contribution is 6.14. The minimum Gasteiger partial charge on any atom is -0.399 e. The Morgan fingerprint density at radius 1 is 1.20 bits per heavy atom. The molecule has 0 aromatic rings. The summed E-state index contributed by atoms with van der Waals surface area (Å²) < 4.78 is 0. The van der Waals surface area contributed by atoms with Gasteiger partial charge in [-0.2, -0.15) is 0 Å². The molecule has 0 radical (unpaired) electrons. The monoisotopic (exact) mass is 208 g/mol. The average molecular weight is 208 g/mol. The van der Waals surface area contributed by atoms with Gasteiger partial charge in [0.25, 0.3) is 0 Å². The summed E-state index contributed by atoms with van der Waals surface area (Å²) in [5.74, 6) is 0.483. The lowest BCUT2D eigenvalue weighted by Gasteiger charge is -2.37. The van der Waals surface area contributed by atoms with Gasteiger partial charge in [-0.15, -0.1) is 0 Å². The van der Waals surface area contributed by atoms with Crippen LogP contribution in [0.3, 0.4) is 0 Å². The van der Waals surface area contributed by atoms with E-state index in [-0.39, 0.29) is 5.41 Å². The lowest BCUT2D eigenvalue weighted by Crippen LogP contribution is -2.36. The predicted molar refractivity (Wildman–Crippen MR) is 70.7 cm³/mol. The first kappa shape index (κ1) is 14.5. The van der Waals surface area contributed by atoms with E-state index in [1.54, 1.807) is 0 Å². The Hall–Kier alpha value is -0.495. The molecule has 0 fully saturated rings. The normalized spacial score (nSPS) is 21.0. The second-order valence-corrected chi connectivity index (χ2v) is 5.26. The van der Waals surface area contributed by atoms with Gasteiger partial charge >= 0.3 is 0 Å². The van der Waals surface area contributed by atoms with Gasteiger partial charge in [0, 0.05) is 10.9 Å². The number of hydrogen-bond donors (Lipinski definition) is 1. The summed E-state index contributed by atoms with van der Waals surface area (Å²) in [6, 6.07) is 0. The van der Waals surface area contributed by atoms with Crippen LogP contribution in [0, 0.1) is 11.3 Å². The topological polar surface area (TPSA) is 20.2 Å². The highest BCUT2D eigenvalue weighted by Crippen LogP contribution is 2.38. The van der Waals surface area contributed by atoms with Crippen LogP contribution in [0.4, 0.5) is 0 Å². The van der Waals surface area contributed by atoms with Crippen LogP contribution in [-0.4, -0.2) is 18.5 Å². The third-order valence-corrected chi connectivity index (χ3v) is 2.77. The van der Waals surface area contributed by atoms with Gasteiger partial charge in [0.2, 0.25) is 0 Å². The Morgan fingerprint density at radius 2 is 1.60 bits per heavy atom. The van der Waals surface area contributed by atoms with E-state index in [2.05, 4.69) is 38.2 Å². The molecule has 0 rings (SSSR count). The fourth-order valence-electron chi connectivity index (χ4n) is 2.13. The van der Waals surface area contributed by atoms with E-state index >= 15 is 0 Å². The summed E-state index contributed by atoms with van der Waals surface area (Å²) in [7, 11) is 1.87. The SMILES string of the molecule is BC(C)(O)CC(C=CC)(C=CC)C(C)C. The zero-order valence-electron chi connectivity index (χ0n) is 11.0. The van der Waals surface area contributed by atoms with Crippen LogP contribution in [0.2, 0.25) is 0 Å². The maximum absolute atomic E-state index is 9.99. The first-order valence-corrected chi connectivity index (χ1v) is 5.77. The molecule has 0 aliphatic rings. The summed E-state index contributed by atoms with van der Waals surface area (Å²) in [6.45, 7) is 10.3. The molecule has 0 saturated heterocycles. The fourth-order valence-corrected chi connectivity index (χ4v) is 2.13. The van der Waals surface area contributed by atoms with Gasteiger partial charge in [0.05, 0.1) is 0 Å². The summed E-state index contributed by atoms with van der Waals surface area (Å²) in [4.78, 5) is 0. The summed E-state index contributed by atoms with van der Waals surface area (Å²) >= 11 is 0. The lowest BCUT2D eigenvalue weighted by atomic mass is 9.64. The molecular formula is C13H25BO. The van der Waals surface area contributed by atoms with Crippen molar-refractivity contribution in [2.45, 2.75) is 46.5 Å². The van der Waals surface area contributed by atoms with Gasteiger partial charge < -0.3 is 5.11 Å². The van der Waals surface area contributed by atoms with Crippen LogP contribution < -0.4 is 0 Å². The maximum atomic E-state index is 9.99. The van der Waals surface area contributed by atoms with Crippen molar-refractivity contribution in [2.75, 3.05) is 0 Å². The van der Waals surface area contributed by atoms with E-state index in [1.165, 1.54) is 0 Å². The molecule has 1 atom stereocenters.